The van der Waals surface area contributed by atoms with Crippen molar-refractivity contribution < 1.29 is 0 Å². The van der Waals surface area contributed by atoms with Gasteiger partial charge in [-0.2, -0.15) is 4.98 Å². The van der Waals surface area contributed by atoms with Gasteiger partial charge in [0.1, 0.15) is 5.82 Å². The zero-order valence-electron chi connectivity index (χ0n) is 13.8. The van der Waals surface area contributed by atoms with Gasteiger partial charge in [-0.1, -0.05) is 17.7 Å². The molecule has 0 spiro atoms. The highest BCUT2D eigenvalue weighted by atomic mass is 35.5. The third-order valence-electron chi connectivity index (χ3n) is 4.11. The SMILES string of the molecule is Cc1cc(N2CCN(C)CC2)nc(Nc2cc(Cl)ccc2C)n1. The number of aryl methyl sites for hydroxylation is 2. The fourth-order valence-corrected chi connectivity index (χ4v) is 2.83. The number of likely N-dealkylation sites (N-methyl/N-ethyl adjacent to an activating group) is 1. The number of hydrogen-bond donors (Lipinski definition) is 1. The number of halogens is 1. The van der Waals surface area contributed by atoms with E-state index in [0.717, 1.165) is 48.9 Å². The molecule has 1 aliphatic heterocycles. The number of piperazine rings is 1. The first-order valence-corrected chi connectivity index (χ1v) is 8.21. The Hall–Kier alpha value is -1.85. The monoisotopic (exact) mass is 331 g/mol. The van der Waals surface area contributed by atoms with Crippen LogP contribution in [0.5, 0.6) is 0 Å². The molecule has 0 aliphatic carbocycles. The number of benzene rings is 1. The van der Waals surface area contributed by atoms with Gasteiger partial charge in [-0.05, 0) is 38.6 Å². The van der Waals surface area contributed by atoms with Crippen molar-refractivity contribution in [2.45, 2.75) is 13.8 Å². The number of nitrogens with zero attached hydrogens (tertiary/aromatic N) is 4. The van der Waals surface area contributed by atoms with Crippen molar-refractivity contribution in [2.24, 2.45) is 0 Å². The molecule has 0 saturated carbocycles. The summed E-state index contributed by atoms with van der Waals surface area (Å²) in [6.07, 6.45) is 0. The Morgan fingerprint density at radius 1 is 1.04 bits per heavy atom. The number of rotatable bonds is 3. The molecule has 0 atom stereocenters. The van der Waals surface area contributed by atoms with E-state index < -0.39 is 0 Å². The van der Waals surface area contributed by atoms with E-state index in [9.17, 15) is 0 Å². The van der Waals surface area contributed by atoms with Crippen LogP contribution in [0, 0.1) is 13.8 Å². The molecule has 0 unspecified atom stereocenters. The minimum absolute atomic E-state index is 0.615. The Bertz CT molecular complexity index is 695. The van der Waals surface area contributed by atoms with Crippen molar-refractivity contribution in [3.8, 4) is 0 Å². The fraction of sp³-hybridized carbons (Fsp3) is 0.412. The summed E-state index contributed by atoms with van der Waals surface area (Å²) in [4.78, 5) is 13.8. The maximum atomic E-state index is 6.09. The van der Waals surface area contributed by atoms with Gasteiger partial charge in [0.25, 0.3) is 0 Å². The van der Waals surface area contributed by atoms with Gasteiger partial charge in [-0.15, -0.1) is 0 Å². The summed E-state index contributed by atoms with van der Waals surface area (Å²) in [5.41, 5.74) is 3.00. The van der Waals surface area contributed by atoms with Crippen LogP contribution < -0.4 is 10.2 Å². The molecule has 1 saturated heterocycles. The van der Waals surface area contributed by atoms with E-state index in [0.29, 0.717) is 11.0 Å². The van der Waals surface area contributed by atoms with E-state index in [2.05, 4.69) is 27.1 Å². The van der Waals surface area contributed by atoms with Gasteiger partial charge in [0.15, 0.2) is 0 Å². The molecule has 1 aromatic heterocycles. The standard InChI is InChI=1S/C17H22ClN5/c1-12-4-5-14(18)11-15(12)20-17-19-13(2)10-16(21-17)23-8-6-22(3)7-9-23/h4-5,10-11H,6-9H2,1-3H3,(H,19,20,21). The largest absolute Gasteiger partial charge is 0.354 e. The van der Waals surface area contributed by atoms with E-state index in [1.807, 2.05) is 38.1 Å². The smallest absolute Gasteiger partial charge is 0.229 e. The zero-order valence-corrected chi connectivity index (χ0v) is 14.6. The highest BCUT2D eigenvalue weighted by Gasteiger charge is 2.16. The summed E-state index contributed by atoms with van der Waals surface area (Å²) >= 11 is 6.09. The Morgan fingerprint density at radius 3 is 2.52 bits per heavy atom. The first-order valence-electron chi connectivity index (χ1n) is 7.83. The average Bonchev–Trinajstić information content (AvgIpc) is 2.51. The predicted molar refractivity (Wildman–Crippen MR) is 96.0 cm³/mol. The Kier molecular flexibility index (Phi) is 4.68. The third kappa shape index (κ3) is 3.92. The van der Waals surface area contributed by atoms with Gasteiger partial charge in [0.05, 0.1) is 0 Å². The van der Waals surface area contributed by atoms with Crippen molar-refractivity contribution in [2.75, 3.05) is 43.4 Å². The average molecular weight is 332 g/mol. The normalized spacial score (nSPS) is 15.7. The van der Waals surface area contributed by atoms with Gasteiger partial charge >= 0.3 is 0 Å². The Balaban J connectivity index is 1.84. The minimum Gasteiger partial charge on any atom is -0.354 e. The summed E-state index contributed by atoms with van der Waals surface area (Å²) in [5, 5.41) is 4.00. The van der Waals surface area contributed by atoms with E-state index in [4.69, 9.17) is 16.6 Å². The molecule has 1 aliphatic rings. The predicted octanol–water partition coefficient (Wildman–Crippen LogP) is 3.24. The molecule has 23 heavy (non-hydrogen) atoms. The molecule has 0 amide bonds. The van der Waals surface area contributed by atoms with Crippen LogP contribution in [-0.2, 0) is 0 Å². The molecule has 3 rings (SSSR count). The maximum absolute atomic E-state index is 6.09. The lowest BCUT2D eigenvalue weighted by Gasteiger charge is -2.33. The lowest BCUT2D eigenvalue weighted by atomic mass is 10.2. The van der Waals surface area contributed by atoms with Crippen molar-refractivity contribution in [3.63, 3.8) is 0 Å². The molecule has 1 N–H and O–H groups in total. The van der Waals surface area contributed by atoms with Crippen molar-refractivity contribution in [1.82, 2.24) is 14.9 Å². The van der Waals surface area contributed by atoms with Crippen LogP contribution in [0.25, 0.3) is 0 Å². The lowest BCUT2D eigenvalue weighted by molar-refractivity contribution is 0.312. The van der Waals surface area contributed by atoms with Crippen LogP contribution in [0.15, 0.2) is 24.3 Å². The number of hydrogen-bond acceptors (Lipinski definition) is 5. The van der Waals surface area contributed by atoms with Crippen LogP contribution >= 0.6 is 11.6 Å². The Labute approximate surface area is 142 Å². The first-order chi connectivity index (χ1) is 11.0. The number of nitrogens with one attached hydrogen (secondary N) is 1. The maximum Gasteiger partial charge on any atom is 0.229 e. The molecule has 122 valence electrons. The van der Waals surface area contributed by atoms with Crippen LogP contribution in [-0.4, -0.2) is 48.1 Å². The van der Waals surface area contributed by atoms with Crippen LogP contribution in [0.4, 0.5) is 17.5 Å². The molecule has 1 fully saturated rings. The second-order valence-corrected chi connectivity index (χ2v) is 6.50. The molecule has 0 bridgehead atoms. The molecule has 5 nitrogen and oxygen atoms in total. The quantitative estimate of drug-likeness (QED) is 0.935. The van der Waals surface area contributed by atoms with Gasteiger partial charge in [-0.3, -0.25) is 0 Å². The van der Waals surface area contributed by atoms with Crippen molar-refractivity contribution in [3.05, 3.63) is 40.5 Å². The number of aromatic nitrogens is 2. The summed E-state index contributed by atoms with van der Waals surface area (Å²) in [7, 11) is 2.15. The van der Waals surface area contributed by atoms with E-state index in [1.54, 1.807) is 0 Å². The van der Waals surface area contributed by atoms with Crippen LogP contribution in [0.2, 0.25) is 5.02 Å². The first kappa shape index (κ1) is 16.0. The molecular weight excluding hydrogens is 310 g/mol. The van der Waals surface area contributed by atoms with E-state index in [-0.39, 0.29) is 0 Å². The van der Waals surface area contributed by atoms with E-state index >= 15 is 0 Å². The molecule has 1 aromatic carbocycles. The summed E-state index contributed by atoms with van der Waals surface area (Å²) < 4.78 is 0. The van der Waals surface area contributed by atoms with E-state index in [1.165, 1.54) is 0 Å². The highest BCUT2D eigenvalue weighted by Crippen LogP contribution is 2.24. The Morgan fingerprint density at radius 2 is 1.78 bits per heavy atom. The van der Waals surface area contributed by atoms with Crippen LogP contribution in [0.1, 0.15) is 11.3 Å². The minimum atomic E-state index is 0.615. The molecular formula is C17H22ClN5. The third-order valence-corrected chi connectivity index (χ3v) is 4.35. The van der Waals surface area contributed by atoms with Crippen molar-refractivity contribution >= 4 is 29.1 Å². The second-order valence-electron chi connectivity index (χ2n) is 6.07. The van der Waals surface area contributed by atoms with Gasteiger partial charge in [0, 0.05) is 48.6 Å². The zero-order chi connectivity index (χ0) is 16.4. The molecule has 0 radical (unpaired) electrons. The van der Waals surface area contributed by atoms with Crippen LogP contribution in [0.3, 0.4) is 0 Å². The topological polar surface area (TPSA) is 44.3 Å². The van der Waals surface area contributed by atoms with Gasteiger partial charge in [-0.25, -0.2) is 4.98 Å². The molecule has 2 heterocycles. The molecule has 6 heteroatoms. The summed E-state index contributed by atoms with van der Waals surface area (Å²) in [5.74, 6) is 1.59. The van der Waals surface area contributed by atoms with Gasteiger partial charge < -0.3 is 15.1 Å². The second kappa shape index (κ2) is 6.72. The number of anilines is 3. The lowest BCUT2D eigenvalue weighted by Crippen LogP contribution is -2.44. The summed E-state index contributed by atoms with van der Waals surface area (Å²) in [6.45, 7) is 8.12. The van der Waals surface area contributed by atoms with Crippen molar-refractivity contribution in [1.29, 1.82) is 0 Å². The van der Waals surface area contributed by atoms with Gasteiger partial charge in [0.2, 0.25) is 5.95 Å². The fourth-order valence-electron chi connectivity index (χ4n) is 2.65. The molecule has 2 aromatic rings. The summed E-state index contributed by atoms with van der Waals surface area (Å²) in [6, 6.07) is 7.82. The highest BCUT2D eigenvalue weighted by molar-refractivity contribution is 6.30.